The van der Waals surface area contributed by atoms with Gasteiger partial charge in [0.2, 0.25) is 0 Å². The Kier molecular flexibility index (Phi) is 4.21. The standard InChI is InChI=1S/C12H14N4O4/c13-9-5(1-3-7(17)18)10(14)12(16)6(11(9)15)2-4-8(19)20/h1-4H,13-16H2,(H,17,18)(H,19,20)/b3-1+,4-2+. The Labute approximate surface area is 114 Å². The summed E-state index contributed by atoms with van der Waals surface area (Å²) in [5, 5.41) is 17.2. The Morgan fingerprint density at radius 2 is 0.950 bits per heavy atom. The Bertz CT molecular complexity index is 551. The Morgan fingerprint density at radius 1 is 0.700 bits per heavy atom. The fourth-order valence-corrected chi connectivity index (χ4v) is 1.54. The van der Waals surface area contributed by atoms with Crippen LogP contribution in [-0.4, -0.2) is 22.2 Å². The van der Waals surface area contributed by atoms with Crippen LogP contribution in [0.2, 0.25) is 0 Å². The highest BCUT2D eigenvalue weighted by atomic mass is 16.4. The van der Waals surface area contributed by atoms with Gasteiger partial charge in [0.25, 0.3) is 0 Å². The molecule has 0 saturated carbocycles. The van der Waals surface area contributed by atoms with Crippen LogP contribution < -0.4 is 22.9 Å². The number of aliphatic carboxylic acids is 2. The van der Waals surface area contributed by atoms with Crippen molar-refractivity contribution in [3.8, 4) is 0 Å². The maximum Gasteiger partial charge on any atom is 0.328 e. The summed E-state index contributed by atoms with van der Waals surface area (Å²) in [6.45, 7) is 0. The topological polar surface area (TPSA) is 179 Å². The Morgan fingerprint density at radius 3 is 1.15 bits per heavy atom. The summed E-state index contributed by atoms with van der Waals surface area (Å²) in [7, 11) is 0. The lowest BCUT2D eigenvalue weighted by Gasteiger charge is -2.15. The largest absolute Gasteiger partial charge is 0.478 e. The molecule has 0 radical (unpaired) electrons. The monoisotopic (exact) mass is 278 g/mol. The zero-order valence-electron chi connectivity index (χ0n) is 10.3. The van der Waals surface area contributed by atoms with E-state index in [1.165, 1.54) is 12.2 Å². The van der Waals surface area contributed by atoms with E-state index in [0.29, 0.717) is 0 Å². The van der Waals surface area contributed by atoms with Crippen LogP contribution in [-0.2, 0) is 9.59 Å². The van der Waals surface area contributed by atoms with E-state index in [1.807, 2.05) is 0 Å². The van der Waals surface area contributed by atoms with Gasteiger partial charge in [0, 0.05) is 23.3 Å². The molecule has 1 aromatic carbocycles. The second kappa shape index (κ2) is 5.65. The number of carbonyl (C=O) groups is 2. The van der Waals surface area contributed by atoms with E-state index in [9.17, 15) is 9.59 Å². The molecule has 106 valence electrons. The summed E-state index contributed by atoms with van der Waals surface area (Å²) in [5.74, 6) is -2.37. The summed E-state index contributed by atoms with van der Waals surface area (Å²) in [5.41, 5.74) is 23.5. The second-order valence-corrected chi connectivity index (χ2v) is 3.83. The molecule has 0 fully saturated rings. The van der Waals surface area contributed by atoms with Crippen molar-refractivity contribution >= 4 is 46.8 Å². The summed E-state index contributed by atoms with van der Waals surface area (Å²) in [4.78, 5) is 21.0. The smallest absolute Gasteiger partial charge is 0.328 e. The first-order valence-electron chi connectivity index (χ1n) is 5.33. The molecule has 1 aromatic rings. The quantitative estimate of drug-likeness (QED) is 0.334. The van der Waals surface area contributed by atoms with Gasteiger partial charge in [-0.3, -0.25) is 0 Å². The molecule has 0 aliphatic heterocycles. The molecule has 8 nitrogen and oxygen atoms in total. The second-order valence-electron chi connectivity index (χ2n) is 3.83. The molecule has 0 spiro atoms. The number of carboxylic acid groups (broad SMARTS) is 2. The highest BCUT2D eigenvalue weighted by Crippen LogP contribution is 2.38. The minimum absolute atomic E-state index is 0.0271. The lowest BCUT2D eigenvalue weighted by molar-refractivity contribution is -0.132. The molecule has 20 heavy (non-hydrogen) atoms. The van der Waals surface area contributed by atoms with Gasteiger partial charge in [-0.1, -0.05) is 0 Å². The van der Waals surface area contributed by atoms with E-state index in [4.69, 9.17) is 33.1 Å². The molecular weight excluding hydrogens is 264 g/mol. The van der Waals surface area contributed by atoms with Gasteiger partial charge in [-0.25, -0.2) is 9.59 Å². The molecule has 0 aliphatic rings. The number of rotatable bonds is 4. The molecule has 1 rings (SSSR count). The highest BCUT2D eigenvalue weighted by Gasteiger charge is 2.15. The molecule has 0 aliphatic carbocycles. The number of anilines is 4. The molecule has 0 atom stereocenters. The molecule has 0 bridgehead atoms. The normalized spacial score (nSPS) is 11.2. The number of carboxylic acids is 2. The third kappa shape index (κ3) is 2.99. The fraction of sp³-hybridized carbons (Fsp3) is 0. The van der Waals surface area contributed by atoms with Gasteiger partial charge in [0.1, 0.15) is 0 Å². The van der Waals surface area contributed by atoms with Gasteiger partial charge >= 0.3 is 11.9 Å². The van der Waals surface area contributed by atoms with Gasteiger partial charge in [-0.05, 0) is 12.2 Å². The SMILES string of the molecule is Nc1c(N)c(/C=C/C(=O)O)c(N)c(N)c1/C=C/C(=O)O. The average molecular weight is 278 g/mol. The summed E-state index contributed by atoms with van der Waals surface area (Å²) in [6, 6.07) is 0. The van der Waals surface area contributed by atoms with Gasteiger partial charge in [-0.2, -0.15) is 0 Å². The predicted molar refractivity (Wildman–Crippen MR) is 77.4 cm³/mol. The molecule has 0 aromatic heterocycles. The third-order valence-electron chi connectivity index (χ3n) is 2.53. The minimum atomic E-state index is -1.18. The zero-order valence-corrected chi connectivity index (χ0v) is 10.3. The van der Waals surface area contributed by atoms with Crippen molar-refractivity contribution in [1.29, 1.82) is 0 Å². The fourth-order valence-electron chi connectivity index (χ4n) is 1.54. The molecule has 0 unspecified atom stereocenters. The van der Waals surface area contributed by atoms with Crippen LogP contribution in [0.5, 0.6) is 0 Å². The van der Waals surface area contributed by atoms with Crippen molar-refractivity contribution < 1.29 is 19.8 Å². The van der Waals surface area contributed by atoms with E-state index in [1.54, 1.807) is 0 Å². The molecule has 0 amide bonds. The van der Waals surface area contributed by atoms with E-state index >= 15 is 0 Å². The van der Waals surface area contributed by atoms with Gasteiger partial charge in [0.15, 0.2) is 0 Å². The van der Waals surface area contributed by atoms with Gasteiger partial charge in [-0.15, -0.1) is 0 Å². The van der Waals surface area contributed by atoms with Crippen molar-refractivity contribution in [2.45, 2.75) is 0 Å². The first kappa shape index (κ1) is 14.9. The molecule has 8 heteroatoms. The van der Waals surface area contributed by atoms with Crippen LogP contribution >= 0.6 is 0 Å². The van der Waals surface area contributed by atoms with Crippen LogP contribution in [0, 0.1) is 0 Å². The van der Waals surface area contributed by atoms with Crippen LogP contribution in [0.1, 0.15) is 11.1 Å². The maximum atomic E-state index is 10.5. The Hall–Kier alpha value is -3.16. The number of benzene rings is 1. The average Bonchev–Trinajstić information content (AvgIpc) is 2.35. The van der Waals surface area contributed by atoms with E-state index in [-0.39, 0.29) is 33.9 Å². The number of hydrogen-bond acceptors (Lipinski definition) is 6. The molecular formula is C12H14N4O4. The third-order valence-corrected chi connectivity index (χ3v) is 2.53. The molecule has 0 saturated heterocycles. The summed E-state index contributed by atoms with van der Waals surface area (Å²) in [6.07, 6.45) is 4.02. The van der Waals surface area contributed by atoms with Crippen LogP contribution in [0.15, 0.2) is 12.2 Å². The zero-order chi connectivity index (χ0) is 15.4. The summed E-state index contributed by atoms with van der Waals surface area (Å²) >= 11 is 0. The Balaban J connectivity index is 3.49. The van der Waals surface area contributed by atoms with E-state index in [2.05, 4.69) is 0 Å². The highest BCUT2D eigenvalue weighted by molar-refractivity contribution is 6.01. The lowest BCUT2D eigenvalue weighted by atomic mass is 10.0. The van der Waals surface area contributed by atoms with Crippen molar-refractivity contribution in [3.63, 3.8) is 0 Å². The number of hydrogen-bond donors (Lipinski definition) is 6. The first-order chi connectivity index (χ1) is 9.25. The van der Waals surface area contributed by atoms with Crippen molar-refractivity contribution in [2.24, 2.45) is 0 Å². The molecule has 10 N–H and O–H groups in total. The van der Waals surface area contributed by atoms with Crippen LogP contribution in [0.3, 0.4) is 0 Å². The summed E-state index contributed by atoms with van der Waals surface area (Å²) < 4.78 is 0. The van der Waals surface area contributed by atoms with Crippen LogP contribution in [0.4, 0.5) is 22.7 Å². The first-order valence-corrected chi connectivity index (χ1v) is 5.33. The van der Waals surface area contributed by atoms with Crippen molar-refractivity contribution in [2.75, 3.05) is 22.9 Å². The van der Waals surface area contributed by atoms with Crippen molar-refractivity contribution in [1.82, 2.24) is 0 Å². The van der Waals surface area contributed by atoms with E-state index < -0.39 is 11.9 Å². The maximum absolute atomic E-state index is 10.5. The number of nitrogen functional groups attached to an aromatic ring is 4. The van der Waals surface area contributed by atoms with Crippen molar-refractivity contribution in [3.05, 3.63) is 23.3 Å². The van der Waals surface area contributed by atoms with Gasteiger partial charge < -0.3 is 33.1 Å². The molecule has 0 heterocycles. The number of nitrogens with two attached hydrogens (primary N) is 4. The van der Waals surface area contributed by atoms with E-state index in [0.717, 1.165) is 12.2 Å². The predicted octanol–water partition coefficient (Wildman–Crippen LogP) is 0.211. The minimum Gasteiger partial charge on any atom is -0.478 e. The van der Waals surface area contributed by atoms with Crippen LogP contribution in [0.25, 0.3) is 12.2 Å². The lowest BCUT2D eigenvalue weighted by Crippen LogP contribution is -2.08. The van der Waals surface area contributed by atoms with Gasteiger partial charge in [0.05, 0.1) is 22.7 Å².